The van der Waals surface area contributed by atoms with Crippen LogP contribution >= 0.6 is 0 Å². The minimum absolute atomic E-state index is 0.865. The zero-order valence-corrected chi connectivity index (χ0v) is 7.34. The molecule has 0 saturated carbocycles. The van der Waals surface area contributed by atoms with Crippen LogP contribution in [-0.2, 0) is 0 Å². The van der Waals surface area contributed by atoms with Gasteiger partial charge in [-0.15, -0.1) is 0 Å². The van der Waals surface area contributed by atoms with E-state index >= 15 is 0 Å². The Morgan fingerprint density at radius 1 is 1.55 bits per heavy atom. The van der Waals surface area contributed by atoms with E-state index < -0.39 is 0 Å². The minimum Gasteiger partial charge on any atom is -0.391 e. The summed E-state index contributed by atoms with van der Waals surface area (Å²) in [5.74, 6) is 0.865. The molecule has 0 unspecified atom stereocenters. The van der Waals surface area contributed by atoms with Crippen LogP contribution in [0.1, 0.15) is 12.8 Å². The maximum absolute atomic E-state index is 3.64. The van der Waals surface area contributed by atoms with Gasteiger partial charge in [0.25, 0.3) is 0 Å². The smallest absolute Gasteiger partial charge is 0.0170 e. The molecule has 0 atom stereocenters. The Kier molecular flexibility index (Phi) is 3.43. The van der Waals surface area contributed by atoms with Gasteiger partial charge in [-0.25, -0.2) is 0 Å². The first-order valence-electron chi connectivity index (χ1n) is 4.35. The van der Waals surface area contributed by atoms with Crippen molar-refractivity contribution in [1.82, 2.24) is 10.2 Å². The molecular formula is C9H18N2. The van der Waals surface area contributed by atoms with E-state index in [2.05, 4.69) is 23.8 Å². The lowest BCUT2D eigenvalue weighted by atomic mass is 9.97. The molecule has 0 amide bonds. The number of rotatable bonds is 3. The lowest BCUT2D eigenvalue weighted by Gasteiger charge is -2.28. The highest BCUT2D eigenvalue weighted by Gasteiger charge is 2.15. The number of nitrogens with one attached hydrogen (secondary N) is 1. The molecule has 1 fully saturated rings. The Labute approximate surface area is 69.3 Å². The van der Waals surface area contributed by atoms with Gasteiger partial charge in [-0.2, -0.15) is 0 Å². The molecule has 0 bridgehead atoms. The maximum Gasteiger partial charge on any atom is 0.0170 e. The van der Waals surface area contributed by atoms with E-state index in [-0.39, 0.29) is 0 Å². The number of nitrogens with zero attached hydrogens (tertiary/aromatic N) is 1. The van der Waals surface area contributed by atoms with Crippen molar-refractivity contribution in [3.63, 3.8) is 0 Å². The average Bonchev–Trinajstić information content (AvgIpc) is 2.04. The van der Waals surface area contributed by atoms with Crippen LogP contribution in [0.5, 0.6) is 0 Å². The fourth-order valence-corrected chi connectivity index (χ4v) is 1.52. The number of piperidine rings is 1. The molecule has 2 heteroatoms. The van der Waals surface area contributed by atoms with Gasteiger partial charge in [0.05, 0.1) is 0 Å². The van der Waals surface area contributed by atoms with Crippen molar-refractivity contribution in [2.24, 2.45) is 5.92 Å². The van der Waals surface area contributed by atoms with Gasteiger partial charge >= 0.3 is 0 Å². The monoisotopic (exact) mass is 154 g/mol. The first kappa shape index (κ1) is 8.60. The van der Waals surface area contributed by atoms with Crippen molar-refractivity contribution in [3.8, 4) is 0 Å². The molecular weight excluding hydrogens is 136 g/mol. The topological polar surface area (TPSA) is 15.3 Å². The van der Waals surface area contributed by atoms with Crippen molar-refractivity contribution in [1.29, 1.82) is 0 Å². The predicted molar refractivity (Wildman–Crippen MR) is 48.4 cm³/mol. The average molecular weight is 154 g/mol. The molecule has 0 aromatic heterocycles. The molecule has 0 spiro atoms. The normalized spacial score (nSPS) is 21.5. The third-order valence-electron chi connectivity index (χ3n) is 2.39. The molecule has 1 rings (SSSR count). The first-order valence-corrected chi connectivity index (χ1v) is 4.35. The summed E-state index contributed by atoms with van der Waals surface area (Å²) in [4.78, 5) is 2.39. The summed E-state index contributed by atoms with van der Waals surface area (Å²) in [6, 6.07) is 0. The zero-order chi connectivity index (χ0) is 8.10. The van der Waals surface area contributed by atoms with Crippen LogP contribution in [0.25, 0.3) is 0 Å². The third-order valence-corrected chi connectivity index (χ3v) is 2.39. The summed E-state index contributed by atoms with van der Waals surface area (Å²) >= 11 is 0. The second-order valence-electron chi connectivity index (χ2n) is 3.36. The molecule has 0 aliphatic carbocycles. The van der Waals surface area contributed by atoms with Crippen LogP contribution < -0.4 is 5.32 Å². The van der Waals surface area contributed by atoms with Crippen LogP contribution in [0.2, 0.25) is 0 Å². The largest absolute Gasteiger partial charge is 0.391 e. The van der Waals surface area contributed by atoms with Crippen LogP contribution in [0.15, 0.2) is 12.8 Å². The van der Waals surface area contributed by atoms with Gasteiger partial charge in [-0.1, -0.05) is 6.58 Å². The Balaban J connectivity index is 2.12. The van der Waals surface area contributed by atoms with Gasteiger partial charge < -0.3 is 10.2 Å². The molecule has 0 aromatic carbocycles. The summed E-state index contributed by atoms with van der Waals surface area (Å²) in [5, 5.41) is 3.18. The molecule has 0 radical (unpaired) electrons. The molecule has 1 heterocycles. The van der Waals surface area contributed by atoms with Crippen LogP contribution in [-0.4, -0.2) is 31.6 Å². The van der Waals surface area contributed by atoms with Gasteiger partial charge in [0.15, 0.2) is 0 Å². The van der Waals surface area contributed by atoms with Crippen LogP contribution in [0.4, 0.5) is 0 Å². The predicted octanol–water partition coefficient (Wildman–Crippen LogP) is 1.06. The molecule has 11 heavy (non-hydrogen) atoms. The van der Waals surface area contributed by atoms with E-state index in [1.54, 1.807) is 6.20 Å². The molecule has 1 N–H and O–H groups in total. The summed E-state index contributed by atoms with van der Waals surface area (Å²) in [7, 11) is 2.19. The SMILES string of the molecule is C=CNCC1CCN(C)CC1. The number of hydrogen-bond donors (Lipinski definition) is 1. The van der Waals surface area contributed by atoms with Gasteiger partial charge in [0.2, 0.25) is 0 Å². The highest BCUT2D eigenvalue weighted by molar-refractivity contribution is 4.74. The molecule has 2 nitrogen and oxygen atoms in total. The van der Waals surface area contributed by atoms with Crippen molar-refractivity contribution >= 4 is 0 Å². The third kappa shape index (κ3) is 2.93. The maximum atomic E-state index is 3.64. The summed E-state index contributed by atoms with van der Waals surface area (Å²) in [6.45, 7) is 7.25. The summed E-state index contributed by atoms with van der Waals surface area (Å²) in [5.41, 5.74) is 0. The van der Waals surface area contributed by atoms with Crippen molar-refractivity contribution in [2.75, 3.05) is 26.7 Å². The van der Waals surface area contributed by atoms with Crippen molar-refractivity contribution < 1.29 is 0 Å². The quantitative estimate of drug-likeness (QED) is 0.654. The van der Waals surface area contributed by atoms with E-state index in [0.717, 1.165) is 12.5 Å². The molecule has 1 aliphatic rings. The lowest BCUT2D eigenvalue weighted by Crippen LogP contribution is -2.33. The van der Waals surface area contributed by atoms with Gasteiger partial charge in [-0.05, 0) is 45.1 Å². The van der Waals surface area contributed by atoms with Crippen LogP contribution in [0.3, 0.4) is 0 Å². The number of hydrogen-bond acceptors (Lipinski definition) is 2. The lowest BCUT2D eigenvalue weighted by molar-refractivity contribution is 0.219. The Bertz CT molecular complexity index is 115. The van der Waals surface area contributed by atoms with E-state index in [1.807, 2.05) is 0 Å². The second-order valence-corrected chi connectivity index (χ2v) is 3.36. The van der Waals surface area contributed by atoms with E-state index in [4.69, 9.17) is 0 Å². The van der Waals surface area contributed by atoms with Crippen molar-refractivity contribution in [2.45, 2.75) is 12.8 Å². The Morgan fingerprint density at radius 2 is 2.18 bits per heavy atom. The Hall–Kier alpha value is -0.500. The van der Waals surface area contributed by atoms with Gasteiger partial charge in [0.1, 0.15) is 0 Å². The number of likely N-dealkylation sites (tertiary alicyclic amines) is 1. The highest BCUT2D eigenvalue weighted by Crippen LogP contribution is 2.14. The highest BCUT2D eigenvalue weighted by atomic mass is 15.1. The fraction of sp³-hybridized carbons (Fsp3) is 0.778. The molecule has 64 valence electrons. The van der Waals surface area contributed by atoms with E-state index in [0.29, 0.717) is 0 Å². The molecule has 0 aromatic rings. The minimum atomic E-state index is 0.865. The Morgan fingerprint density at radius 3 is 2.73 bits per heavy atom. The van der Waals surface area contributed by atoms with E-state index in [9.17, 15) is 0 Å². The zero-order valence-electron chi connectivity index (χ0n) is 7.34. The van der Waals surface area contributed by atoms with Gasteiger partial charge in [0, 0.05) is 6.54 Å². The molecule has 1 aliphatic heterocycles. The van der Waals surface area contributed by atoms with Crippen molar-refractivity contribution in [3.05, 3.63) is 12.8 Å². The standard InChI is InChI=1S/C9H18N2/c1-3-10-8-9-4-6-11(2)7-5-9/h3,9-10H,1,4-8H2,2H3. The second kappa shape index (κ2) is 4.39. The van der Waals surface area contributed by atoms with Gasteiger partial charge in [-0.3, -0.25) is 0 Å². The summed E-state index contributed by atoms with van der Waals surface area (Å²) < 4.78 is 0. The van der Waals surface area contributed by atoms with Crippen LogP contribution in [0, 0.1) is 5.92 Å². The fourth-order valence-electron chi connectivity index (χ4n) is 1.52. The van der Waals surface area contributed by atoms with E-state index in [1.165, 1.54) is 25.9 Å². The molecule has 1 saturated heterocycles. The first-order chi connectivity index (χ1) is 5.33. The summed E-state index contributed by atoms with van der Waals surface area (Å²) in [6.07, 6.45) is 4.45.